The molecule has 1 aliphatic carbocycles. The molecule has 0 unspecified atom stereocenters. The van der Waals surface area contributed by atoms with Crippen LogP contribution in [0.4, 0.5) is 23.7 Å². The van der Waals surface area contributed by atoms with Crippen LogP contribution in [0, 0.1) is 5.92 Å². The number of imide groups is 1. The van der Waals surface area contributed by atoms with E-state index < -0.39 is 47.4 Å². The maximum absolute atomic E-state index is 13.6. The third-order valence-corrected chi connectivity index (χ3v) is 6.03. The first-order valence-corrected chi connectivity index (χ1v) is 10.2. The lowest BCUT2D eigenvalue weighted by atomic mass is 9.77. The number of alkyl halides is 3. The molecule has 1 spiro atoms. The number of anilines is 1. The Kier molecular flexibility index (Phi) is 5.43. The largest absolute Gasteiger partial charge is 0.418 e. The van der Waals surface area contributed by atoms with Crippen LogP contribution in [0.2, 0.25) is 0 Å². The van der Waals surface area contributed by atoms with Crippen molar-refractivity contribution in [3.63, 3.8) is 0 Å². The van der Waals surface area contributed by atoms with Crippen LogP contribution in [-0.4, -0.2) is 44.6 Å². The molecule has 1 aromatic heterocycles. The number of carbonyl (C=O) groups excluding carboxylic acids is 3. The van der Waals surface area contributed by atoms with Gasteiger partial charge in [-0.2, -0.15) is 18.3 Å². The Morgan fingerprint density at radius 3 is 2.62 bits per heavy atom. The van der Waals surface area contributed by atoms with Gasteiger partial charge in [0.2, 0.25) is 5.91 Å². The zero-order valence-electron chi connectivity index (χ0n) is 17.3. The highest BCUT2D eigenvalue weighted by molar-refractivity contribution is 6.10. The molecule has 1 saturated heterocycles. The van der Waals surface area contributed by atoms with Crippen LogP contribution in [0.15, 0.2) is 36.7 Å². The number of nitrogens with zero attached hydrogens (tertiary/aromatic N) is 3. The van der Waals surface area contributed by atoms with Crippen molar-refractivity contribution in [3.05, 3.63) is 42.2 Å². The standard InChI is InChI=1S/C21H22F3N5O3/c1-13-5-7-20(8-6-13)18(31)28(19(32)27-20)12-17(30)26-16-4-3-14(29-10-2-9-25-29)11-15(16)21(22,23)24/h2-4,9-11,13H,5-8,12H2,1H3,(H,26,30)(H,27,32). The number of carbonyl (C=O) groups is 3. The van der Waals surface area contributed by atoms with E-state index in [2.05, 4.69) is 22.7 Å². The number of hydrogen-bond acceptors (Lipinski definition) is 4. The molecule has 0 radical (unpaired) electrons. The molecule has 32 heavy (non-hydrogen) atoms. The molecule has 1 aliphatic heterocycles. The van der Waals surface area contributed by atoms with Gasteiger partial charge in [-0.15, -0.1) is 0 Å². The van der Waals surface area contributed by atoms with Gasteiger partial charge in [-0.05, 0) is 55.9 Å². The first kappa shape index (κ1) is 21.8. The van der Waals surface area contributed by atoms with Crippen LogP contribution < -0.4 is 10.6 Å². The lowest BCUT2D eigenvalue weighted by Crippen LogP contribution is -2.49. The molecule has 0 bridgehead atoms. The van der Waals surface area contributed by atoms with Gasteiger partial charge in [0.25, 0.3) is 5.91 Å². The average Bonchev–Trinajstić information content (AvgIpc) is 3.34. The first-order valence-electron chi connectivity index (χ1n) is 10.2. The molecular weight excluding hydrogens is 427 g/mol. The Balaban J connectivity index is 1.51. The number of benzene rings is 1. The normalized spacial score (nSPS) is 23.5. The predicted molar refractivity (Wildman–Crippen MR) is 108 cm³/mol. The SMILES string of the molecule is CC1CCC2(CC1)NC(=O)N(CC(=O)Nc1ccc(-n3cccn3)cc1C(F)(F)F)C2=O. The second-order valence-electron chi connectivity index (χ2n) is 8.31. The van der Waals surface area contributed by atoms with E-state index in [1.165, 1.54) is 23.1 Å². The maximum Gasteiger partial charge on any atom is 0.418 e. The first-order chi connectivity index (χ1) is 15.1. The molecule has 4 amide bonds. The summed E-state index contributed by atoms with van der Waals surface area (Å²) < 4.78 is 42.1. The van der Waals surface area contributed by atoms with Gasteiger partial charge < -0.3 is 10.6 Å². The second-order valence-corrected chi connectivity index (χ2v) is 8.31. The van der Waals surface area contributed by atoms with Crippen LogP contribution in [0.5, 0.6) is 0 Å². The van der Waals surface area contributed by atoms with Crippen LogP contribution >= 0.6 is 0 Å². The van der Waals surface area contributed by atoms with Gasteiger partial charge in [0.15, 0.2) is 0 Å². The fourth-order valence-electron chi connectivity index (χ4n) is 4.19. The number of hydrogen-bond donors (Lipinski definition) is 2. The Labute approximate surface area is 181 Å². The Bertz CT molecular complexity index is 1040. The van der Waals surface area contributed by atoms with Crippen molar-refractivity contribution in [1.29, 1.82) is 0 Å². The molecule has 0 atom stereocenters. The third kappa shape index (κ3) is 4.06. The van der Waals surface area contributed by atoms with E-state index in [0.29, 0.717) is 18.8 Å². The number of amides is 4. The van der Waals surface area contributed by atoms with Crippen molar-refractivity contribution in [2.75, 3.05) is 11.9 Å². The predicted octanol–water partition coefficient (Wildman–Crippen LogP) is 3.33. The van der Waals surface area contributed by atoms with E-state index in [9.17, 15) is 27.6 Å². The minimum absolute atomic E-state index is 0.169. The molecule has 1 saturated carbocycles. The van der Waals surface area contributed by atoms with Crippen LogP contribution in [0.1, 0.15) is 38.2 Å². The van der Waals surface area contributed by atoms with Crippen molar-refractivity contribution in [1.82, 2.24) is 20.0 Å². The Morgan fingerprint density at radius 2 is 2.00 bits per heavy atom. The zero-order valence-corrected chi connectivity index (χ0v) is 17.3. The molecular formula is C21H22F3N5O3. The van der Waals surface area contributed by atoms with E-state index in [-0.39, 0.29) is 5.69 Å². The van der Waals surface area contributed by atoms with E-state index >= 15 is 0 Å². The Morgan fingerprint density at radius 1 is 1.28 bits per heavy atom. The van der Waals surface area contributed by atoms with Gasteiger partial charge in [0.05, 0.1) is 16.9 Å². The summed E-state index contributed by atoms with van der Waals surface area (Å²) in [4.78, 5) is 38.5. The molecule has 2 aliphatic rings. The minimum Gasteiger partial charge on any atom is -0.324 e. The molecule has 1 aromatic carbocycles. The number of nitrogens with one attached hydrogen (secondary N) is 2. The van der Waals surface area contributed by atoms with E-state index in [1.54, 1.807) is 6.07 Å². The van der Waals surface area contributed by atoms with Gasteiger partial charge >= 0.3 is 12.2 Å². The minimum atomic E-state index is -4.74. The molecule has 8 nitrogen and oxygen atoms in total. The smallest absolute Gasteiger partial charge is 0.324 e. The van der Waals surface area contributed by atoms with Crippen molar-refractivity contribution in [2.24, 2.45) is 5.92 Å². The lowest BCUT2D eigenvalue weighted by molar-refractivity contribution is -0.137. The van der Waals surface area contributed by atoms with Crippen molar-refractivity contribution in [2.45, 2.75) is 44.3 Å². The van der Waals surface area contributed by atoms with Crippen LogP contribution in [-0.2, 0) is 15.8 Å². The lowest BCUT2D eigenvalue weighted by Gasteiger charge is -2.33. The van der Waals surface area contributed by atoms with E-state index in [1.807, 2.05) is 0 Å². The molecule has 2 fully saturated rings. The van der Waals surface area contributed by atoms with Crippen molar-refractivity contribution < 1.29 is 27.6 Å². The summed E-state index contributed by atoms with van der Waals surface area (Å²) in [7, 11) is 0. The molecule has 2 aromatic rings. The summed E-state index contributed by atoms with van der Waals surface area (Å²) in [5.74, 6) is -0.963. The number of aromatic nitrogens is 2. The molecule has 4 rings (SSSR count). The maximum atomic E-state index is 13.6. The summed E-state index contributed by atoms with van der Waals surface area (Å²) in [6.45, 7) is 1.40. The molecule has 2 N–H and O–H groups in total. The third-order valence-electron chi connectivity index (χ3n) is 6.03. The highest BCUT2D eigenvalue weighted by Crippen LogP contribution is 2.37. The van der Waals surface area contributed by atoms with Gasteiger partial charge in [0.1, 0.15) is 12.1 Å². The van der Waals surface area contributed by atoms with Crippen molar-refractivity contribution >= 4 is 23.5 Å². The van der Waals surface area contributed by atoms with Crippen LogP contribution in [0.25, 0.3) is 5.69 Å². The topological polar surface area (TPSA) is 96.3 Å². The monoisotopic (exact) mass is 449 g/mol. The Hall–Kier alpha value is -3.37. The summed E-state index contributed by atoms with van der Waals surface area (Å²) in [6, 6.07) is 4.23. The van der Waals surface area contributed by atoms with Crippen LogP contribution in [0.3, 0.4) is 0 Å². The number of urea groups is 1. The van der Waals surface area contributed by atoms with Gasteiger partial charge in [-0.3, -0.25) is 14.5 Å². The van der Waals surface area contributed by atoms with E-state index in [0.717, 1.165) is 29.9 Å². The summed E-state index contributed by atoms with van der Waals surface area (Å²) >= 11 is 0. The highest BCUT2D eigenvalue weighted by atomic mass is 19.4. The van der Waals surface area contributed by atoms with Gasteiger partial charge in [-0.25, -0.2) is 9.48 Å². The fraction of sp³-hybridized carbons (Fsp3) is 0.429. The second kappa shape index (κ2) is 7.95. The molecule has 11 heteroatoms. The molecule has 2 heterocycles. The van der Waals surface area contributed by atoms with Gasteiger partial charge in [-0.1, -0.05) is 6.92 Å². The highest BCUT2D eigenvalue weighted by Gasteiger charge is 2.52. The summed E-state index contributed by atoms with van der Waals surface area (Å²) in [5, 5.41) is 8.78. The van der Waals surface area contributed by atoms with E-state index in [4.69, 9.17) is 0 Å². The quantitative estimate of drug-likeness (QED) is 0.700. The summed E-state index contributed by atoms with van der Waals surface area (Å²) in [5.41, 5.74) is -2.38. The average molecular weight is 449 g/mol. The molecule has 170 valence electrons. The fourth-order valence-corrected chi connectivity index (χ4v) is 4.19. The summed E-state index contributed by atoms with van der Waals surface area (Å²) in [6.07, 6.45) is 0.671. The van der Waals surface area contributed by atoms with Gasteiger partial charge in [0, 0.05) is 12.4 Å². The number of rotatable bonds is 4. The zero-order chi connectivity index (χ0) is 23.1. The van der Waals surface area contributed by atoms with Crippen molar-refractivity contribution in [3.8, 4) is 5.69 Å². The number of halogens is 3.